The number of alkyl halides is 6. The van der Waals surface area contributed by atoms with Gasteiger partial charge < -0.3 is 58.7 Å². The highest BCUT2D eigenvalue weighted by Gasteiger charge is 2.50. The molecular weight excluding hydrogens is 1640 g/mol. The second-order valence-electron chi connectivity index (χ2n) is 31.9. The van der Waals surface area contributed by atoms with E-state index in [4.69, 9.17) is 75.7 Å². The summed E-state index contributed by atoms with van der Waals surface area (Å²) < 4.78 is 139. The Hall–Kier alpha value is -7.40. The van der Waals surface area contributed by atoms with E-state index in [0.29, 0.717) is 150 Å². The number of aliphatic carboxylic acids is 2. The highest BCUT2D eigenvalue weighted by atomic mass is 35.5. The third kappa shape index (κ3) is 26.8. The molecular formula is C80H104Cl4F6N10O14S2. The van der Waals surface area contributed by atoms with Crippen LogP contribution in [0.15, 0.2) is 82.6 Å². The van der Waals surface area contributed by atoms with E-state index in [9.17, 15) is 62.4 Å². The Kier molecular flexibility index (Phi) is 33.9. The number of unbranched alkanes of at least 4 members (excludes halogenated alkanes) is 4. The summed E-state index contributed by atoms with van der Waals surface area (Å²) in [5.74, 6) is -5.72. The van der Waals surface area contributed by atoms with Crippen molar-refractivity contribution in [3.63, 3.8) is 0 Å². The summed E-state index contributed by atoms with van der Waals surface area (Å²) in [6.07, 6.45) is 2.43. The second-order valence-corrected chi connectivity index (χ2v) is 36.8. The summed E-state index contributed by atoms with van der Waals surface area (Å²) in [6.45, 7) is 12.8. The van der Waals surface area contributed by atoms with Gasteiger partial charge in [-0.05, 0) is 177 Å². The number of benzene rings is 4. The fourth-order valence-electron chi connectivity index (χ4n) is 14.6. The third-order valence-corrected chi connectivity index (χ3v) is 25.6. The van der Waals surface area contributed by atoms with Crippen molar-refractivity contribution in [3.05, 3.63) is 127 Å². The molecule has 0 radical (unpaired) electrons. The quantitative estimate of drug-likeness (QED) is 0.0201. The number of halogens is 10. The Morgan fingerprint density at radius 1 is 0.509 bits per heavy atom. The fraction of sp³-hybridized carbons (Fsp3) is 0.550. The van der Waals surface area contributed by atoms with Gasteiger partial charge in [0.1, 0.15) is 68.6 Å². The number of amides is 4. The van der Waals surface area contributed by atoms with Crippen molar-refractivity contribution < 1.29 is 101 Å². The number of nitrogens with zero attached hydrogens (tertiary/aromatic N) is 6. The summed E-state index contributed by atoms with van der Waals surface area (Å²) in [5, 5.41) is 26.0. The van der Waals surface area contributed by atoms with Crippen molar-refractivity contribution in [3.8, 4) is 11.5 Å². The highest BCUT2D eigenvalue weighted by molar-refractivity contribution is 7.90. The van der Waals surface area contributed by atoms with Gasteiger partial charge >= 0.3 is 12.4 Å². The van der Waals surface area contributed by atoms with Crippen molar-refractivity contribution >= 4 is 124 Å². The average Bonchev–Trinajstić information content (AvgIpc) is 1.44. The molecule has 116 heavy (non-hydrogen) atoms. The van der Waals surface area contributed by atoms with E-state index in [2.05, 4.69) is 72.3 Å². The fourth-order valence-corrected chi connectivity index (χ4v) is 19.2. The van der Waals surface area contributed by atoms with E-state index < -0.39 is 55.4 Å². The minimum absolute atomic E-state index is 0.0316. The number of carboxylic acid groups (broad SMARTS) is 2. The third-order valence-electron chi connectivity index (χ3n) is 20.7. The molecule has 2 aromatic heterocycles. The molecule has 2 aliphatic heterocycles. The van der Waals surface area contributed by atoms with Gasteiger partial charge in [-0.15, -0.1) is 0 Å². The number of carboxylic acids is 2. The SMILES string of the molecule is Cc1cc(C)c2cccc(OCc3c(Cl)ccc(S(=O)(=O)NC4(C(=O)N5CCC(C(=O)NCCCCC[N+](C)(C)C)CC5)CCCC4)c3Cl)c2n1.Cc1cc(C)c2cccc(OCc3c(Cl)ccc(S(=O)(=O)NC4(C(=O)N5CCC(C(=O)NCCCCC[N+](C)(C)C)CC5)CCCC4)c3Cl)c2n1.O=C([O-])C(F)(F)F.O=C([O-])C(F)(F)F. The normalized spacial score (nSPS) is 16.1. The van der Waals surface area contributed by atoms with Crippen LogP contribution >= 0.6 is 46.4 Å². The summed E-state index contributed by atoms with van der Waals surface area (Å²) in [6, 6.07) is 21.0. The minimum Gasteiger partial charge on any atom is -0.542 e. The van der Waals surface area contributed by atoms with Crippen LogP contribution in [0, 0.1) is 39.5 Å². The van der Waals surface area contributed by atoms with Crippen LogP contribution in [0.5, 0.6) is 11.5 Å². The Bertz CT molecular complexity index is 4420. The molecule has 10 rings (SSSR count). The number of carbonyl (C=O) groups is 6. The molecule has 0 bridgehead atoms. The van der Waals surface area contributed by atoms with E-state index in [-0.39, 0.29) is 78.6 Å². The zero-order chi connectivity index (χ0) is 86.1. The lowest BCUT2D eigenvalue weighted by molar-refractivity contribution is -0.870. The van der Waals surface area contributed by atoms with Gasteiger partial charge in [0, 0.05) is 94.4 Å². The number of rotatable bonds is 28. The molecule has 4 fully saturated rings. The number of carbonyl (C=O) groups excluding carboxylic acids is 6. The lowest BCUT2D eigenvalue weighted by Crippen LogP contribution is -2.59. The number of ether oxygens (including phenoxy) is 2. The van der Waals surface area contributed by atoms with E-state index in [1.807, 2.05) is 64.1 Å². The smallest absolute Gasteiger partial charge is 0.430 e. The largest absolute Gasteiger partial charge is 0.542 e. The zero-order valence-electron chi connectivity index (χ0n) is 66.9. The van der Waals surface area contributed by atoms with Crippen LogP contribution in [-0.4, -0.2) is 199 Å². The molecule has 24 nitrogen and oxygen atoms in total. The number of sulfonamides is 2. The van der Waals surface area contributed by atoms with Gasteiger partial charge in [-0.25, -0.2) is 26.8 Å². The maximum atomic E-state index is 14.1. The van der Waals surface area contributed by atoms with E-state index in [1.165, 1.54) is 24.3 Å². The Labute approximate surface area is 694 Å². The number of aromatic nitrogens is 2. The maximum absolute atomic E-state index is 14.1. The van der Waals surface area contributed by atoms with Gasteiger partial charge in [0.2, 0.25) is 43.7 Å². The first-order chi connectivity index (χ1) is 54.1. The maximum Gasteiger partial charge on any atom is 0.430 e. The lowest BCUT2D eigenvalue weighted by Gasteiger charge is -2.38. The molecule has 2 saturated heterocycles. The molecule has 4 aromatic carbocycles. The average molecular weight is 1750 g/mol. The van der Waals surface area contributed by atoms with Crippen molar-refractivity contribution in [1.82, 2.24) is 39.8 Å². The number of para-hydroxylation sites is 2. The molecule has 4 N–H and O–H groups in total. The number of fused-ring (bicyclic) bond motifs is 2. The monoisotopic (exact) mass is 1750 g/mol. The zero-order valence-corrected chi connectivity index (χ0v) is 71.5. The van der Waals surface area contributed by atoms with Crippen molar-refractivity contribution in [2.45, 2.75) is 190 Å². The number of pyridine rings is 2. The van der Waals surface area contributed by atoms with Crippen LogP contribution in [0.3, 0.4) is 0 Å². The van der Waals surface area contributed by atoms with Crippen LogP contribution in [-0.2, 0) is 62.0 Å². The molecule has 6 aromatic rings. The number of quaternary nitrogens is 2. The molecule has 4 aliphatic rings. The molecule has 0 spiro atoms. The van der Waals surface area contributed by atoms with E-state index >= 15 is 0 Å². The summed E-state index contributed by atoms with van der Waals surface area (Å²) >= 11 is 26.7. The Balaban J connectivity index is 0.000000275. The standard InChI is InChI=1S/2C38H51Cl2N5O5S.2C2HF3O2/c2*1-26-24-27(2)42-35-29(26)12-11-13-32(35)50-25-30-31(39)14-15-33(34(30)40)51(48,49)43-38(18-7-8-19-38)37(47)44-21-16-28(17-22-44)36(46)41-20-9-6-10-23-45(3,4)5;2*3-2(4,5)1(6)7/h2*11-15,24,28,43H,6-10,16-23,25H2,1-5H3;2*(H,6,7). The van der Waals surface area contributed by atoms with Crippen molar-refractivity contribution in [2.75, 3.05) is 94.6 Å². The van der Waals surface area contributed by atoms with Crippen LogP contribution in [0.1, 0.15) is 149 Å². The van der Waals surface area contributed by atoms with Gasteiger partial charge in [0.15, 0.2) is 0 Å². The molecule has 0 unspecified atom stereocenters. The van der Waals surface area contributed by atoms with Crippen LogP contribution in [0.4, 0.5) is 26.3 Å². The molecule has 640 valence electrons. The van der Waals surface area contributed by atoms with E-state index in [0.717, 1.165) is 93.9 Å². The van der Waals surface area contributed by atoms with Gasteiger partial charge in [-0.3, -0.25) is 19.2 Å². The molecule has 4 heterocycles. The molecule has 4 amide bonds. The minimum atomic E-state index is -5.19. The first kappa shape index (κ1) is 95.7. The Morgan fingerprint density at radius 3 is 1.13 bits per heavy atom. The first-order valence-corrected chi connectivity index (χ1v) is 42.9. The molecule has 2 aliphatic carbocycles. The molecule has 0 atom stereocenters. The van der Waals surface area contributed by atoms with Gasteiger partial charge in [-0.1, -0.05) is 96.4 Å². The van der Waals surface area contributed by atoms with Gasteiger partial charge in [0.05, 0.1) is 65.4 Å². The summed E-state index contributed by atoms with van der Waals surface area (Å²) in [5.41, 5.74) is 3.28. The lowest BCUT2D eigenvalue weighted by atomic mass is 9.92. The summed E-state index contributed by atoms with van der Waals surface area (Å²) in [4.78, 5) is 83.9. The number of piperidine rings is 2. The molecule has 2 saturated carbocycles. The second kappa shape index (κ2) is 41.0. The first-order valence-electron chi connectivity index (χ1n) is 38.4. The predicted octanol–water partition coefficient (Wildman–Crippen LogP) is 11.7. The Morgan fingerprint density at radius 2 is 0.828 bits per heavy atom. The number of nitrogens with one attached hydrogen (secondary N) is 4. The van der Waals surface area contributed by atoms with Crippen LogP contribution < -0.4 is 39.8 Å². The highest BCUT2D eigenvalue weighted by Crippen LogP contribution is 2.41. The van der Waals surface area contributed by atoms with Crippen molar-refractivity contribution in [2.24, 2.45) is 11.8 Å². The number of aryl methyl sites for hydroxylation is 4. The summed E-state index contributed by atoms with van der Waals surface area (Å²) in [7, 11) is 4.56. The van der Waals surface area contributed by atoms with Crippen LogP contribution in [0.2, 0.25) is 20.1 Å². The number of hydrogen-bond acceptors (Lipinski definition) is 16. The van der Waals surface area contributed by atoms with Gasteiger partial charge in [0.25, 0.3) is 0 Å². The topological polar surface area (TPSA) is 316 Å². The number of hydrogen-bond donors (Lipinski definition) is 4. The van der Waals surface area contributed by atoms with E-state index in [1.54, 1.807) is 21.9 Å². The van der Waals surface area contributed by atoms with Crippen molar-refractivity contribution in [1.29, 1.82) is 0 Å². The number of likely N-dealkylation sites (tertiary alicyclic amines) is 2. The van der Waals surface area contributed by atoms with Gasteiger partial charge in [-0.2, -0.15) is 35.8 Å². The predicted molar refractivity (Wildman–Crippen MR) is 427 cm³/mol. The molecule has 36 heteroatoms. The van der Waals surface area contributed by atoms with Crippen LogP contribution in [0.25, 0.3) is 21.8 Å².